The Bertz CT molecular complexity index is 621. The lowest BCUT2D eigenvalue weighted by atomic mass is 10.1. The molecule has 0 unspecified atom stereocenters. The number of aryl methyl sites for hydroxylation is 1. The average molecular weight is 300 g/mol. The second-order valence-electron chi connectivity index (χ2n) is 5.69. The van der Waals surface area contributed by atoms with Crippen molar-refractivity contribution in [3.8, 4) is 0 Å². The molecule has 0 spiro atoms. The summed E-state index contributed by atoms with van der Waals surface area (Å²) in [5, 5.41) is 3.34. The fraction of sp³-hybridized carbons (Fsp3) is 0.412. The van der Waals surface area contributed by atoms with Crippen LogP contribution in [0.4, 0.5) is 16.2 Å². The van der Waals surface area contributed by atoms with E-state index < -0.39 is 0 Å². The maximum Gasteiger partial charge on any atom is 0.227 e. The van der Waals surface area contributed by atoms with Crippen molar-refractivity contribution < 1.29 is 4.39 Å². The molecule has 0 amide bonds. The minimum Gasteiger partial charge on any atom is -0.370 e. The summed E-state index contributed by atoms with van der Waals surface area (Å²) in [6, 6.07) is 8.59. The van der Waals surface area contributed by atoms with Crippen molar-refractivity contribution in [3.05, 3.63) is 47.4 Å². The molecule has 1 aliphatic heterocycles. The van der Waals surface area contributed by atoms with E-state index >= 15 is 0 Å². The van der Waals surface area contributed by atoms with Crippen LogP contribution in [0.5, 0.6) is 0 Å². The number of nitrogens with one attached hydrogen (secondary N) is 1. The quantitative estimate of drug-likeness (QED) is 0.921. The van der Waals surface area contributed by atoms with Gasteiger partial charge in [0.05, 0.1) is 0 Å². The molecule has 1 aliphatic rings. The Balaban J connectivity index is 1.61. The van der Waals surface area contributed by atoms with Gasteiger partial charge < -0.3 is 10.2 Å². The van der Waals surface area contributed by atoms with Crippen LogP contribution >= 0.6 is 0 Å². The second kappa shape index (κ2) is 6.73. The lowest BCUT2D eigenvalue weighted by Gasteiger charge is -2.17. The maximum absolute atomic E-state index is 12.9. The predicted octanol–water partition coefficient (Wildman–Crippen LogP) is 3.18. The van der Waals surface area contributed by atoms with Crippen LogP contribution in [0.1, 0.15) is 24.1 Å². The Hall–Kier alpha value is -2.17. The van der Waals surface area contributed by atoms with Crippen LogP contribution in [0, 0.1) is 12.7 Å². The van der Waals surface area contributed by atoms with Crippen molar-refractivity contribution in [2.24, 2.45) is 0 Å². The number of benzene rings is 1. The molecular formula is C17H21FN4. The van der Waals surface area contributed by atoms with E-state index in [1.54, 1.807) is 0 Å². The predicted molar refractivity (Wildman–Crippen MR) is 86.8 cm³/mol. The van der Waals surface area contributed by atoms with Crippen LogP contribution in [-0.2, 0) is 6.42 Å². The zero-order valence-corrected chi connectivity index (χ0v) is 12.8. The Morgan fingerprint density at radius 2 is 1.86 bits per heavy atom. The molecule has 0 aliphatic carbocycles. The molecule has 2 aromatic rings. The normalized spacial score (nSPS) is 14.4. The van der Waals surface area contributed by atoms with Gasteiger partial charge in [0.15, 0.2) is 0 Å². The summed E-state index contributed by atoms with van der Waals surface area (Å²) >= 11 is 0. The molecule has 4 nitrogen and oxygen atoms in total. The van der Waals surface area contributed by atoms with Crippen molar-refractivity contribution >= 4 is 11.8 Å². The first kappa shape index (κ1) is 14.8. The van der Waals surface area contributed by atoms with Crippen molar-refractivity contribution in [1.29, 1.82) is 0 Å². The summed E-state index contributed by atoms with van der Waals surface area (Å²) in [5.41, 5.74) is 2.08. The molecule has 1 saturated heterocycles. The van der Waals surface area contributed by atoms with Crippen LogP contribution in [-0.4, -0.2) is 29.6 Å². The first-order valence-electron chi connectivity index (χ1n) is 7.80. The van der Waals surface area contributed by atoms with Crippen LogP contribution < -0.4 is 10.2 Å². The van der Waals surface area contributed by atoms with Crippen molar-refractivity contribution in [3.63, 3.8) is 0 Å². The van der Waals surface area contributed by atoms with Crippen LogP contribution in [0.3, 0.4) is 0 Å². The average Bonchev–Trinajstić information content (AvgIpc) is 3.03. The highest BCUT2D eigenvalue weighted by Crippen LogP contribution is 2.18. The zero-order valence-electron chi connectivity index (χ0n) is 12.8. The molecule has 1 N–H and O–H groups in total. The Morgan fingerprint density at radius 1 is 1.14 bits per heavy atom. The van der Waals surface area contributed by atoms with Gasteiger partial charge >= 0.3 is 0 Å². The largest absolute Gasteiger partial charge is 0.370 e. The molecule has 5 heteroatoms. The first-order valence-corrected chi connectivity index (χ1v) is 7.80. The number of rotatable bonds is 5. The molecule has 0 bridgehead atoms. The molecule has 2 heterocycles. The molecule has 0 radical (unpaired) electrons. The number of nitrogens with zero attached hydrogens (tertiary/aromatic N) is 3. The van der Waals surface area contributed by atoms with E-state index in [0.29, 0.717) is 0 Å². The Kier molecular flexibility index (Phi) is 4.51. The van der Waals surface area contributed by atoms with Crippen molar-refractivity contribution in [1.82, 2.24) is 9.97 Å². The van der Waals surface area contributed by atoms with Gasteiger partial charge in [-0.1, -0.05) is 12.1 Å². The summed E-state index contributed by atoms with van der Waals surface area (Å²) in [6.45, 7) is 4.84. The van der Waals surface area contributed by atoms with Gasteiger partial charge in [-0.05, 0) is 43.9 Å². The number of anilines is 2. The third-order valence-corrected chi connectivity index (χ3v) is 3.86. The van der Waals surface area contributed by atoms with Gasteiger partial charge in [0, 0.05) is 31.4 Å². The third kappa shape index (κ3) is 3.72. The van der Waals surface area contributed by atoms with Gasteiger partial charge in [-0.15, -0.1) is 0 Å². The van der Waals surface area contributed by atoms with Crippen LogP contribution in [0.2, 0.25) is 0 Å². The van der Waals surface area contributed by atoms with Crippen molar-refractivity contribution in [2.75, 3.05) is 29.9 Å². The van der Waals surface area contributed by atoms with Gasteiger partial charge in [0.1, 0.15) is 11.6 Å². The standard InChI is InChI=1S/C17H21FN4/c1-13-12-16(21-17(20-13)22-10-2-3-11-22)19-9-8-14-4-6-15(18)7-5-14/h4-7,12H,2-3,8-11H2,1H3,(H,19,20,21). The molecular weight excluding hydrogens is 279 g/mol. The molecule has 1 fully saturated rings. The smallest absolute Gasteiger partial charge is 0.227 e. The number of aromatic nitrogens is 2. The molecule has 116 valence electrons. The minimum absolute atomic E-state index is 0.196. The van der Waals surface area contributed by atoms with E-state index in [1.165, 1.54) is 25.0 Å². The van der Waals surface area contributed by atoms with E-state index in [0.717, 1.165) is 49.1 Å². The summed E-state index contributed by atoms with van der Waals surface area (Å²) in [4.78, 5) is 11.4. The molecule has 0 saturated carbocycles. The fourth-order valence-electron chi connectivity index (χ4n) is 2.69. The molecule has 3 rings (SSSR count). The molecule has 1 aromatic heterocycles. The topological polar surface area (TPSA) is 41.1 Å². The van der Waals surface area contributed by atoms with E-state index in [9.17, 15) is 4.39 Å². The molecule has 1 aromatic carbocycles. The van der Waals surface area contributed by atoms with E-state index in [4.69, 9.17) is 0 Å². The van der Waals surface area contributed by atoms with E-state index in [1.807, 2.05) is 25.1 Å². The minimum atomic E-state index is -0.196. The lowest BCUT2D eigenvalue weighted by Crippen LogP contribution is -2.21. The summed E-state index contributed by atoms with van der Waals surface area (Å²) < 4.78 is 12.9. The van der Waals surface area contributed by atoms with Gasteiger partial charge in [-0.3, -0.25) is 0 Å². The summed E-state index contributed by atoms with van der Waals surface area (Å²) in [7, 11) is 0. The molecule has 22 heavy (non-hydrogen) atoms. The highest BCUT2D eigenvalue weighted by molar-refractivity contribution is 5.44. The van der Waals surface area contributed by atoms with E-state index in [-0.39, 0.29) is 5.82 Å². The second-order valence-corrected chi connectivity index (χ2v) is 5.69. The van der Waals surface area contributed by atoms with Crippen LogP contribution in [0.25, 0.3) is 0 Å². The van der Waals surface area contributed by atoms with Gasteiger partial charge in [0.2, 0.25) is 5.95 Å². The zero-order chi connectivity index (χ0) is 15.4. The highest BCUT2D eigenvalue weighted by Gasteiger charge is 2.15. The third-order valence-electron chi connectivity index (χ3n) is 3.86. The van der Waals surface area contributed by atoms with Gasteiger partial charge in [-0.25, -0.2) is 9.37 Å². The first-order chi connectivity index (χ1) is 10.7. The Morgan fingerprint density at radius 3 is 2.59 bits per heavy atom. The maximum atomic E-state index is 12.9. The number of halogens is 1. The van der Waals surface area contributed by atoms with Crippen LogP contribution in [0.15, 0.2) is 30.3 Å². The molecule has 0 atom stereocenters. The number of hydrogen-bond acceptors (Lipinski definition) is 4. The monoisotopic (exact) mass is 300 g/mol. The van der Waals surface area contributed by atoms with Gasteiger partial charge in [0.25, 0.3) is 0 Å². The fourth-order valence-corrected chi connectivity index (χ4v) is 2.69. The highest BCUT2D eigenvalue weighted by atomic mass is 19.1. The van der Waals surface area contributed by atoms with E-state index in [2.05, 4.69) is 20.2 Å². The van der Waals surface area contributed by atoms with Crippen molar-refractivity contribution in [2.45, 2.75) is 26.2 Å². The lowest BCUT2D eigenvalue weighted by molar-refractivity contribution is 0.627. The SMILES string of the molecule is Cc1cc(NCCc2ccc(F)cc2)nc(N2CCCC2)n1. The van der Waals surface area contributed by atoms with Gasteiger partial charge in [-0.2, -0.15) is 4.98 Å². The Labute approximate surface area is 130 Å². The summed E-state index contributed by atoms with van der Waals surface area (Å²) in [6.07, 6.45) is 3.26. The number of hydrogen-bond donors (Lipinski definition) is 1. The summed E-state index contributed by atoms with van der Waals surface area (Å²) in [5.74, 6) is 1.48.